The summed E-state index contributed by atoms with van der Waals surface area (Å²) in [5.41, 5.74) is 4.32. The van der Waals surface area contributed by atoms with Gasteiger partial charge in [0.1, 0.15) is 0 Å². The molecule has 4 heteroatoms. The number of benzene rings is 2. The fourth-order valence-electron chi connectivity index (χ4n) is 3.60. The number of nitrogens with one attached hydrogen (secondary N) is 1. The zero-order chi connectivity index (χ0) is 17.8. The maximum atomic E-state index is 9.32. The standard InChI is InChI=1S/C21H28N2O2/c1-15-12-23(16(2)11-22-15)21(19-7-3-17(13-24)4-8-19)20-9-5-18(14-25)6-10-20/h3-10,15-16,21-22,24-25H,11-14H2,1-2H3/t15-,16+/m0/s1. The van der Waals surface area contributed by atoms with Crippen molar-refractivity contribution in [1.29, 1.82) is 0 Å². The van der Waals surface area contributed by atoms with E-state index in [1.165, 1.54) is 11.1 Å². The molecule has 0 aliphatic carbocycles. The zero-order valence-electron chi connectivity index (χ0n) is 15.0. The van der Waals surface area contributed by atoms with Gasteiger partial charge in [0.05, 0.1) is 19.3 Å². The maximum absolute atomic E-state index is 9.32. The second-order valence-electron chi connectivity index (χ2n) is 7.06. The van der Waals surface area contributed by atoms with E-state index in [2.05, 4.69) is 48.3 Å². The molecule has 0 aromatic heterocycles. The first-order valence-corrected chi connectivity index (χ1v) is 9.01. The first-order valence-electron chi connectivity index (χ1n) is 9.01. The molecule has 0 saturated carbocycles. The van der Waals surface area contributed by atoms with Crippen molar-refractivity contribution < 1.29 is 10.2 Å². The van der Waals surface area contributed by atoms with Gasteiger partial charge < -0.3 is 15.5 Å². The van der Waals surface area contributed by atoms with Crippen LogP contribution in [0.5, 0.6) is 0 Å². The van der Waals surface area contributed by atoms with Crippen molar-refractivity contribution in [3.8, 4) is 0 Å². The van der Waals surface area contributed by atoms with Gasteiger partial charge in [-0.15, -0.1) is 0 Å². The molecule has 25 heavy (non-hydrogen) atoms. The van der Waals surface area contributed by atoms with Crippen LogP contribution in [0.25, 0.3) is 0 Å². The smallest absolute Gasteiger partial charge is 0.0681 e. The Labute approximate surface area is 150 Å². The maximum Gasteiger partial charge on any atom is 0.0681 e. The largest absolute Gasteiger partial charge is 0.392 e. The Morgan fingerprint density at radius 2 is 1.40 bits per heavy atom. The molecule has 1 aliphatic rings. The van der Waals surface area contributed by atoms with E-state index in [0.29, 0.717) is 12.1 Å². The predicted molar refractivity (Wildman–Crippen MR) is 100 cm³/mol. The molecule has 3 rings (SSSR count). The second kappa shape index (κ2) is 8.11. The number of rotatable bonds is 5. The van der Waals surface area contributed by atoms with E-state index in [-0.39, 0.29) is 19.3 Å². The highest BCUT2D eigenvalue weighted by Gasteiger charge is 2.30. The van der Waals surface area contributed by atoms with Gasteiger partial charge in [0.25, 0.3) is 0 Å². The lowest BCUT2D eigenvalue weighted by atomic mass is 9.93. The molecule has 0 amide bonds. The van der Waals surface area contributed by atoms with Crippen molar-refractivity contribution >= 4 is 0 Å². The number of hydrogen-bond donors (Lipinski definition) is 3. The van der Waals surface area contributed by atoms with Gasteiger partial charge in [-0.05, 0) is 36.1 Å². The molecule has 1 aliphatic heterocycles. The van der Waals surface area contributed by atoms with Crippen molar-refractivity contribution in [3.05, 3.63) is 70.8 Å². The molecule has 3 N–H and O–H groups in total. The molecule has 0 unspecified atom stereocenters. The molecular formula is C21H28N2O2. The number of piperazine rings is 1. The van der Waals surface area contributed by atoms with E-state index in [9.17, 15) is 10.2 Å². The summed E-state index contributed by atoms with van der Waals surface area (Å²) < 4.78 is 0. The highest BCUT2D eigenvalue weighted by atomic mass is 16.3. The Morgan fingerprint density at radius 3 is 1.84 bits per heavy atom. The Morgan fingerprint density at radius 1 is 0.920 bits per heavy atom. The third-order valence-corrected chi connectivity index (χ3v) is 5.10. The molecular weight excluding hydrogens is 312 g/mol. The number of aliphatic hydroxyl groups excluding tert-OH is 2. The highest BCUT2D eigenvalue weighted by Crippen LogP contribution is 2.32. The van der Waals surface area contributed by atoms with Gasteiger partial charge in [0.2, 0.25) is 0 Å². The van der Waals surface area contributed by atoms with Gasteiger partial charge in [0, 0.05) is 25.2 Å². The van der Waals surface area contributed by atoms with Gasteiger partial charge in [-0.25, -0.2) is 0 Å². The average molecular weight is 340 g/mol. The number of hydrogen-bond acceptors (Lipinski definition) is 4. The summed E-state index contributed by atoms with van der Waals surface area (Å²) in [6.07, 6.45) is 0. The Bertz CT molecular complexity index is 622. The molecule has 1 fully saturated rings. The Kier molecular flexibility index (Phi) is 5.86. The third-order valence-electron chi connectivity index (χ3n) is 5.10. The van der Waals surface area contributed by atoms with Crippen LogP contribution in [-0.4, -0.2) is 40.3 Å². The van der Waals surface area contributed by atoms with E-state index >= 15 is 0 Å². The summed E-state index contributed by atoms with van der Waals surface area (Å²) in [4.78, 5) is 2.54. The lowest BCUT2D eigenvalue weighted by molar-refractivity contribution is 0.113. The molecule has 0 bridgehead atoms. The molecule has 0 spiro atoms. The van der Waals surface area contributed by atoms with Gasteiger partial charge >= 0.3 is 0 Å². The predicted octanol–water partition coefficient (Wildman–Crippen LogP) is 2.44. The van der Waals surface area contributed by atoms with E-state index in [1.807, 2.05) is 24.3 Å². The number of aliphatic hydroxyl groups is 2. The van der Waals surface area contributed by atoms with Crippen molar-refractivity contribution in [2.45, 2.75) is 45.2 Å². The van der Waals surface area contributed by atoms with Crippen LogP contribution in [0.3, 0.4) is 0 Å². The van der Waals surface area contributed by atoms with E-state index < -0.39 is 0 Å². The zero-order valence-corrected chi connectivity index (χ0v) is 15.0. The second-order valence-corrected chi connectivity index (χ2v) is 7.06. The normalized spacial score (nSPS) is 21.6. The SMILES string of the molecule is C[C@@H]1CN[C@@H](C)CN1C(c1ccc(CO)cc1)c1ccc(CO)cc1. The molecule has 0 radical (unpaired) electrons. The summed E-state index contributed by atoms with van der Waals surface area (Å²) in [5, 5.41) is 22.2. The minimum absolute atomic E-state index is 0.0667. The molecule has 134 valence electrons. The Hall–Kier alpha value is -1.72. The van der Waals surface area contributed by atoms with Crippen LogP contribution in [0.1, 0.15) is 42.1 Å². The van der Waals surface area contributed by atoms with Gasteiger partial charge in [-0.3, -0.25) is 4.90 Å². The van der Waals surface area contributed by atoms with Crippen LogP contribution in [0, 0.1) is 0 Å². The van der Waals surface area contributed by atoms with Crippen molar-refractivity contribution in [2.24, 2.45) is 0 Å². The minimum Gasteiger partial charge on any atom is -0.392 e. The van der Waals surface area contributed by atoms with Gasteiger partial charge in [-0.2, -0.15) is 0 Å². The number of nitrogens with zero attached hydrogens (tertiary/aromatic N) is 1. The Balaban J connectivity index is 1.99. The lowest BCUT2D eigenvalue weighted by Crippen LogP contribution is -2.55. The quantitative estimate of drug-likeness (QED) is 0.783. The van der Waals surface area contributed by atoms with Gasteiger partial charge in [0.15, 0.2) is 0 Å². The van der Waals surface area contributed by atoms with Crippen molar-refractivity contribution in [2.75, 3.05) is 13.1 Å². The van der Waals surface area contributed by atoms with Crippen LogP contribution in [-0.2, 0) is 13.2 Å². The topological polar surface area (TPSA) is 55.7 Å². The van der Waals surface area contributed by atoms with Crippen LogP contribution in [0.4, 0.5) is 0 Å². The molecule has 1 saturated heterocycles. The third kappa shape index (κ3) is 4.10. The lowest BCUT2D eigenvalue weighted by Gasteiger charge is -2.43. The molecule has 2 atom stereocenters. The highest BCUT2D eigenvalue weighted by molar-refractivity contribution is 5.35. The first-order chi connectivity index (χ1) is 12.1. The minimum atomic E-state index is 0.0667. The summed E-state index contributed by atoms with van der Waals surface area (Å²) in [5.74, 6) is 0. The molecule has 2 aromatic rings. The molecule has 2 aromatic carbocycles. The summed E-state index contributed by atoms with van der Waals surface area (Å²) >= 11 is 0. The monoisotopic (exact) mass is 340 g/mol. The fraction of sp³-hybridized carbons (Fsp3) is 0.429. The molecule has 4 nitrogen and oxygen atoms in total. The molecule has 1 heterocycles. The van der Waals surface area contributed by atoms with Crippen LogP contribution in [0.2, 0.25) is 0 Å². The first kappa shape index (κ1) is 18.1. The fourth-order valence-corrected chi connectivity index (χ4v) is 3.60. The average Bonchev–Trinajstić information content (AvgIpc) is 2.66. The summed E-state index contributed by atoms with van der Waals surface area (Å²) in [6.45, 7) is 6.57. The van der Waals surface area contributed by atoms with Gasteiger partial charge in [-0.1, -0.05) is 48.5 Å². The van der Waals surface area contributed by atoms with Crippen molar-refractivity contribution in [3.63, 3.8) is 0 Å². The van der Waals surface area contributed by atoms with Crippen LogP contribution >= 0.6 is 0 Å². The van der Waals surface area contributed by atoms with Crippen LogP contribution < -0.4 is 5.32 Å². The van der Waals surface area contributed by atoms with Crippen LogP contribution in [0.15, 0.2) is 48.5 Å². The summed E-state index contributed by atoms with van der Waals surface area (Å²) in [7, 11) is 0. The summed E-state index contributed by atoms with van der Waals surface area (Å²) in [6, 6.07) is 17.5. The van der Waals surface area contributed by atoms with E-state index in [0.717, 1.165) is 24.2 Å². The van der Waals surface area contributed by atoms with Crippen molar-refractivity contribution in [1.82, 2.24) is 10.2 Å². The van der Waals surface area contributed by atoms with E-state index in [4.69, 9.17) is 0 Å². The van der Waals surface area contributed by atoms with E-state index in [1.54, 1.807) is 0 Å².